The lowest BCUT2D eigenvalue weighted by atomic mass is 9.46. The van der Waals surface area contributed by atoms with Crippen LogP contribution in [-0.4, -0.2) is 87.4 Å². The van der Waals surface area contributed by atoms with Crippen LogP contribution in [0.25, 0.3) is 10.9 Å². The number of nitrogens with one attached hydrogen (secondary N) is 2. The summed E-state index contributed by atoms with van der Waals surface area (Å²) in [7, 11) is 1.64. The van der Waals surface area contributed by atoms with Crippen molar-refractivity contribution in [1.29, 1.82) is 0 Å². The molecule has 312 valence electrons. The number of ether oxygens (including phenoxy) is 3. The van der Waals surface area contributed by atoms with Gasteiger partial charge in [0.05, 0.1) is 30.9 Å². The van der Waals surface area contributed by atoms with Crippen molar-refractivity contribution >= 4 is 22.5 Å². The summed E-state index contributed by atoms with van der Waals surface area (Å²) in [5.74, 6) is 0.839. The molecule has 6 N–H and O–H groups in total. The summed E-state index contributed by atoms with van der Waals surface area (Å²) in [5.41, 5.74) is 0.830. The molecule has 11 atom stereocenters. The fourth-order valence-electron chi connectivity index (χ4n) is 11.3. The third-order valence-corrected chi connectivity index (χ3v) is 14.0. The number of benzene rings is 2. The van der Waals surface area contributed by atoms with Gasteiger partial charge in [0.2, 0.25) is 5.56 Å². The Labute approximate surface area is 339 Å². The van der Waals surface area contributed by atoms with Crippen molar-refractivity contribution in [3.63, 3.8) is 0 Å². The normalized spacial score (nSPS) is 33.2. The highest BCUT2D eigenvalue weighted by molar-refractivity contribution is 6.01. The first-order chi connectivity index (χ1) is 27.7. The van der Waals surface area contributed by atoms with Gasteiger partial charge in [-0.1, -0.05) is 57.0 Å². The van der Waals surface area contributed by atoms with Crippen molar-refractivity contribution in [2.24, 2.45) is 28.6 Å². The third kappa shape index (κ3) is 7.26. The van der Waals surface area contributed by atoms with E-state index in [4.69, 9.17) is 14.2 Å². The number of hydrogen-bond acceptors (Lipinski definition) is 11. The standard InChI is InChI=1S/C25H34O6.C21H24N2O4/c1-4-5-21-30-20-11-17-16-7-6-14-10-15(27)8-9-23(14,2)22(16)18(28)12-24(17,3)25(20,31-21)19(29)13-26;1-13(11-14-3-5-15(27-2)6-4-14)22-12-19(25)16-7-9-18(24)21-17(16)8-10-20(26)23-21/h8-10,16-18,20-22,26,28H,4-7,11-13H2,1-3H3;3-10,13,19,22,24-25H,11-12H2,1-2H3,(H,23,26)/t16-,17-,18-,20+,21?,22+,23-,24-,25+;13-,19+/m01/s1. The molecule has 4 fully saturated rings. The Kier molecular flexibility index (Phi) is 11.9. The SMILES string of the molecule is CCCC1O[C@@H]2C[C@H]3[C@@H]4CCC5=CC(=O)C=C[C@]5(C)[C@H]4[C@@H](O)C[C@]3(C)[C@]2(C(=O)CO)O1.COc1ccc(C[C@@H](C)NC[C@H](O)c2ccc(O)c3[nH]c(=O)ccc23)cc1. The zero-order valence-corrected chi connectivity index (χ0v) is 34.1. The molecule has 8 rings (SSSR count). The number of ketones is 2. The van der Waals surface area contributed by atoms with Gasteiger partial charge in [-0.3, -0.25) is 14.4 Å². The van der Waals surface area contributed by atoms with Gasteiger partial charge in [0, 0.05) is 40.8 Å². The largest absolute Gasteiger partial charge is 0.506 e. The summed E-state index contributed by atoms with van der Waals surface area (Å²) in [5, 5.41) is 45.9. The molecule has 3 saturated carbocycles. The van der Waals surface area contributed by atoms with Crippen LogP contribution >= 0.6 is 0 Å². The minimum absolute atomic E-state index is 0.0125. The topological polar surface area (TPSA) is 188 Å². The first-order valence-corrected chi connectivity index (χ1v) is 20.7. The van der Waals surface area contributed by atoms with Crippen LogP contribution in [0.2, 0.25) is 0 Å². The maximum absolute atomic E-state index is 13.2. The second kappa shape index (κ2) is 16.5. The molecule has 0 amide bonds. The van der Waals surface area contributed by atoms with E-state index >= 15 is 0 Å². The van der Waals surface area contributed by atoms with Gasteiger partial charge in [0.1, 0.15) is 18.1 Å². The summed E-state index contributed by atoms with van der Waals surface area (Å²) in [4.78, 5) is 39.3. The second-order valence-electron chi connectivity index (χ2n) is 17.4. The van der Waals surface area contributed by atoms with Gasteiger partial charge in [0.15, 0.2) is 23.5 Å². The van der Waals surface area contributed by atoms with Gasteiger partial charge >= 0.3 is 0 Å². The number of rotatable bonds is 11. The number of aromatic hydroxyl groups is 1. The monoisotopic (exact) mass is 798 g/mol. The third-order valence-electron chi connectivity index (χ3n) is 14.0. The molecule has 1 unspecified atom stereocenters. The number of fused-ring (bicyclic) bond motifs is 8. The van der Waals surface area contributed by atoms with Crippen molar-refractivity contribution in [3.8, 4) is 11.5 Å². The van der Waals surface area contributed by atoms with Gasteiger partial charge in [-0.25, -0.2) is 0 Å². The lowest BCUT2D eigenvalue weighted by molar-refractivity contribution is -0.200. The van der Waals surface area contributed by atoms with E-state index in [2.05, 4.69) is 38.0 Å². The van der Waals surface area contributed by atoms with Crippen LogP contribution in [0.3, 0.4) is 0 Å². The molecule has 3 aromatic rings. The van der Waals surface area contributed by atoms with Crippen molar-refractivity contribution in [1.82, 2.24) is 10.3 Å². The minimum atomic E-state index is -1.20. The molecule has 2 aromatic carbocycles. The van der Waals surface area contributed by atoms with E-state index in [-0.39, 0.29) is 52.1 Å². The zero-order chi connectivity index (χ0) is 41.6. The second-order valence-corrected chi connectivity index (χ2v) is 17.4. The molecule has 0 radical (unpaired) electrons. The number of phenolic OH excluding ortho intramolecular Hbond substituents is 1. The molecule has 1 aliphatic heterocycles. The summed E-state index contributed by atoms with van der Waals surface area (Å²) in [6, 6.07) is 14.2. The van der Waals surface area contributed by atoms with Gasteiger partial charge in [-0.05, 0) is 105 Å². The lowest BCUT2D eigenvalue weighted by Gasteiger charge is -2.59. The number of aromatic nitrogens is 1. The zero-order valence-electron chi connectivity index (χ0n) is 34.1. The molecule has 4 aliphatic carbocycles. The molecule has 5 aliphatic rings. The molecule has 12 heteroatoms. The highest BCUT2D eigenvalue weighted by Gasteiger charge is 2.75. The Morgan fingerprint density at radius 3 is 2.57 bits per heavy atom. The number of Topliss-reactive ketones (excluding diaryl/α,β-unsaturated/α-hetero) is 1. The summed E-state index contributed by atoms with van der Waals surface area (Å²) in [6.45, 7) is 8.09. The fourth-order valence-corrected chi connectivity index (χ4v) is 11.3. The van der Waals surface area contributed by atoms with Crippen LogP contribution < -0.4 is 15.6 Å². The number of aliphatic hydroxyl groups is 3. The van der Waals surface area contributed by atoms with E-state index in [1.165, 1.54) is 17.7 Å². The quantitative estimate of drug-likeness (QED) is 0.150. The van der Waals surface area contributed by atoms with E-state index in [1.54, 1.807) is 31.4 Å². The summed E-state index contributed by atoms with van der Waals surface area (Å²) >= 11 is 0. The predicted molar refractivity (Wildman–Crippen MR) is 218 cm³/mol. The van der Waals surface area contributed by atoms with Gasteiger partial charge in [0.25, 0.3) is 0 Å². The number of allylic oxidation sites excluding steroid dienone is 4. The highest BCUT2D eigenvalue weighted by atomic mass is 16.7. The Morgan fingerprint density at radius 2 is 1.86 bits per heavy atom. The number of aromatic amines is 1. The van der Waals surface area contributed by atoms with Crippen molar-refractivity contribution in [3.05, 3.63) is 93.8 Å². The number of carbonyl (C=O) groups is 2. The minimum Gasteiger partial charge on any atom is -0.506 e. The number of methoxy groups -OCH3 is 1. The molecule has 0 bridgehead atoms. The number of pyridine rings is 1. The Hall–Kier alpha value is -4.17. The van der Waals surface area contributed by atoms with Crippen molar-refractivity contribution < 1.29 is 44.2 Å². The fraction of sp³-hybridized carbons (Fsp3) is 0.543. The first kappa shape index (κ1) is 42.0. The van der Waals surface area contributed by atoms with E-state index in [9.17, 15) is 34.8 Å². The molecular weight excluding hydrogens is 741 g/mol. The lowest BCUT2D eigenvalue weighted by Crippen LogP contribution is -2.63. The van der Waals surface area contributed by atoms with Gasteiger partial charge < -0.3 is 44.9 Å². The smallest absolute Gasteiger partial charge is 0.248 e. The summed E-state index contributed by atoms with van der Waals surface area (Å²) < 4.78 is 17.8. The van der Waals surface area contributed by atoms with Crippen molar-refractivity contribution in [2.45, 2.75) is 109 Å². The van der Waals surface area contributed by atoms with Gasteiger partial charge in [-0.15, -0.1) is 0 Å². The predicted octanol–water partition coefficient (Wildman–Crippen LogP) is 5.21. The van der Waals surface area contributed by atoms with E-state index in [0.717, 1.165) is 37.0 Å². The molecule has 0 spiro atoms. The average molecular weight is 799 g/mol. The van der Waals surface area contributed by atoms with Gasteiger partial charge in [-0.2, -0.15) is 0 Å². The number of hydrogen-bond donors (Lipinski definition) is 6. The van der Waals surface area contributed by atoms with Crippen molar-refractivity contribution in [2.75, 3.05) is 20.3 Å². The Balaban J connectivity index is 0.000000179. The molecule has 58 heavy (non-hydrogen) atoms. The summed E-state index contributed by atoms with van der Waals surface area (Å²) in [6.07, 6.45) is 8.37. The van der Waals surface area contributed by atoms with Crippen LogP contribution in [-0.2, 0) is 25.5 Å². The maximum atomic E-state index is 13.2. The Morgan fingerprint density at radius 1 is 1.10 bits per heavy atom. The molecular formula is C46H58N2O10. The first-order valence-electron chi connectivity index (χ1n) is 20.7. The average Bonchev–Trinajstić information content (AvgIpc) is 3.69. The number of phenols is 1. The van der Waals surface area contributed by atoms with Crippen LogP contribution in [0.5, 0.6) is 11.5 Å². The highest BCUT2D eigenvalue weighted by Crippen LogP contribution is 2.69. The molecule has 1 aromatic heterocycles. The van der Waals surface area contributed by atoms with Crippen LogP contribution in [0.1, 0.15) is 83.5 Å². The molecule has 12 nitrogen and oxygen atoms in total. The van der Waals surface area contributed by atoms with Crippen LogP contribution in [0, 0.1) is 28.6 Å². The molecule has 1 saturated heterocycles. The number of aliphatic hydroxyl groups excluding tert-OH is 3. The Bertz CT molecular complexity index is 2130. The number of carbonyl (C=O) groups excluding carboxylic acids is 2. The van der Waals surface area contributed by atoms with Crippen LogP contribution in [0.4, 0.5) is 0 Å². The van der Waals surface area contributed by atoms with E-state index in [1.807, 2.05) is 30.3 Å². The van der Waals surface area contributed by atoms with E-state index in [0.29, 0.717) is 42.3 Å². The van der Waals surface area contributed by atoms with Crippen LogP contribution in [0.15, 0.2) is 77.1 Å². The number of H-pyrrole nitrogens is 1. The van der Waals surface area contributed by atoms with E-state index < -0.39 is 42.2 Å². The maximum Gasteiger partial charge on any atom is 0.248 e. The molecule has 2 heterocycles.